The lowest BCUT2D eigenvalue weighted by Crippen LogP contribution is -2.37. The maximum Gasteiger partial charge on any atom is 0.265 e. The predicted molar refractivity (Wildman–Crippen MR) is 135 cm³/mol. The molecule has 182 valence electrons. The maximum absolute atomic E-state index is 12.1. The van der Waals surface area contributed by atoms with Crippen LogP contribution in [-0.2, 0) is 9.59 Å². The van der Waals surface area contributed by atoms with Gasteiger partial charge < -0.3 is 10.6 Å². The number of carbonyl (C=O) groups excluding carboxylic acids is 3. The molecule has 0 saturated heterocycles. The normalized spacial score (nSPS) is 10.7. The topological polar surface area (TPSA) is 112 Å². The zero-order valence-corrected chi connectivity index (χ0v) is 19.8. The number of hydrogen-bond acceptors (Lipinski definition) is 5. The molecule has 34 heavy (non-hydrogen) atoms. The molecular weight excluding hydrogens is 430 g/mol. The summed E-state index contributed by atoms with van der Waals surface area (Å²) in [5.74, 6) is -0.344. The van der Waals surface area contributed by atoms with Gasteiger partial charge in [0.15, 0.2) is 0 Å². The van der Waals surface area contributed by atoms with E-state index in [1.54, 1.807) is 42.7 Å². The Kier molecular flexibility index (Phi) is 12.7. The lowest BCUT2D eigenvalue weighted by molar-refractivity contribution is -0.117. The second kappa shape index (κ2) is 16.1. The summed E-state index contributed by atoms with van der Waals surface area (Å²) in [6.07, 6.45) is 12.7. The molecule has 2 rings (SSSR count). The molecule has 0 unspecified atom stereocenters. The first-order valence-electron chi connectivity index (χ1n) is 11.9. The Morgan fingerprint density at radius 2 is 1.71 bits per heavy atom. The Hall–Kier alpha value is -3.52. The van der Waals surface area contributed by atoms with Gasteiger partial charge in [-0.1, -0.05) is 32.3 Å². The van der Waals surface area contributed by atoms with Crippen molar-refractivity contribution >= 4 is 29.5 Å². The third-order valence-corrected chi connectivity index (χ3v) is 5.00. The van der Waals surface area contributed by atoms with Crippen LogP contribution in [0.1, 0.15) is 67.8 Å². The molecule has 0 spiro atoms. The minimum atomic E-state index is -0.202. The molecule has 0 bridgehead atoms. The van der Waals surface area contributed by atoms with Crippen molar-refractivity contribution in [3.8, 4) is 0 Å². The predicted octanol–water partition coefficient (Wildman–Crippen LogP) is 3.83. The van der Waals surface area contributed by atoms with Gasteiger partial charge >= 0.3 is 0 Å². The average molecular weight is 466 g/mol. The number of nitrogens with zero attached hydrogens (tertiary/aromatic N) is 1. The van der Waals surface area contributed by atoms with Crippen molar-refractivity contribution in [2.75, 3.05) is 18.4 Å². The molecule has 0 aliphatic heterocycles. The number of pyridine rings is 1. The summed E-state index contributed by atoms with van der Waals surface area (Å²) < 4.78 is 0. The largest absolute Gasteiger partial charge is 0.353 e. The molecule has 0 saturated carbocycles. The lowest BCUT2D eigenvalue weighted by atomic mass is 10.1. The van der Waals surface area contributed by atoms with Gasteiger partial charge in [0.2, 0.25) is 11.8 Å². The molecule has 4 N–H and O–H groups in total. The number of carbonyl (C=O) groups is 3. The molecule has 1 aromatic heterocycles. The van der Waals surface area contributed by atoms with Crippen molar-refractivity contribution in [2.24, 2.45) is 0 Å². The summed E-state index contributed by atoms with van der Waals surface area (Å²) in [5, 5.41) is 5.74. The minimum absolute atomic E-state index is 0.0329. The molecule has 0 aliphatic rings. The average Bonchev–Trinajstić information content (AvgIpc) is 2.85. The van der Waals surface area contributed by atoms with Crippen LogP contribution in [0.15, 0.2) is 54.9 Å². The minimum Gasteiger partial charge on any atom is -0.353 e. The number of aromatic nitrogens is 1. The number of amides is 3. The number of benzene rings is 1. The Balaban J connectivity index is 1.50. The number of rotatable bonds is 15. The van der Waals surface area contributed by atoms with Crippen LogP contribution >= 0.6 is 0 Å². The molecule has 0 aliphatic carbocycles. The van der Waals surface area contributed by atoms with E-state index in [0.29, 0.717) is 30.8 Å². The molecule has 8 heteroatoms. The summed E-state index contributed by atoms with van der Waals surface area (Å²) in [5.41, 5.74) is 7.57. The molecule has 1 aromatic carbocycles. The van der Waals surface area contributed by atoms with Crippen molar-refractivity contribution in [3.05, 3.63) is 66.0 Å². The quantitative estimate of drug-likeness (QED) is 0.181. The van der Waals surface area contributed by atoms with Crippen LogP contribution in [-0.4, -0.2) is 35.8 Å². The Morgan fingerprint density at radius 1 is 0.941 bits per heavy atom. The van der Waals surface area contributed by atoms with Gasteiger partial charge in [0, 0.05) is 49.2 Å². The van der Waals surface area contributed by atoms with Crippen LogP contribution < -0.4 is 21.5 Å². The van der Waals surface area contributed by atoms with E-state index < -0.39 is 0 Å². The fraction of sp³-hybridized carbons (Fsp3) is 0.385. The fourth-order valence-electron chi connectivity index (χ4n) is 3.13. The zero-order valence-electron chi connectivity index (χ0n) is 19.8. The number of unbranched alkanes of at least 4 members (excludes halogenated alkanes) is 4. The first-order chi connectivity index (χ1) is 16.6. The highest BCUT2D eigenvalue weighted by molar-refractivity contribution is 5.95. The van der Waals surface area contributed by atoms with Crippen molar-refractivity contribution < 1.29 is 14.4 Å². The second-order valence-corrected chi connectivity index (χ2v) is 7.93. The van der Waals surface area contributed by atoms with E-state index in [4.69, 9.17) is 0 Å². The number of anilines is 1. The Labute approximate surface area is 201 Å². The van der Waals surface area contributed by atoms with Gasteiger partial charge in [0.1, 0.15) is 0 Å². The van der Waals surface area contributed by atoms with Gasteiger partial charge in [-0.25, -0.2) is 5.43 Å². The van der Waals surface area contributed by atoms with Gasteiger partial charge in [-0.2, -0.15) is 0 Å². The Bertz CT molecular complexity index is 914. The SMILES string of the molecule is CCCNNC(=O)c1ccc(NC(=O)CCCCCCCNC(=O)/C=C/c2cccnc2)cc1. The number of hydrazine groups is 1. The van der Waals surface area contributed by atoms with E-state index in [1.807, 2.05) is 19.1 Å². The number of hydrogen-bond donors (Lipinski definition) is 4. The summed E-state index contributed by atoms with van der Waals surface area (Å²) in [6.45, 7) is 3.37. The van der Waals surface area contributed by atoms with E-state index in [-0.39, 0.29) is 17.7 Å². The fourth-order valence-corrected chi connectivity index (χ4v) is 3.13. The summed E-state index contributed by atoms with van der Waals surface area (Å²) in [7, 11) is 0. The molecule has 8 nitrogen and oxygen atoms in total. The Morgan fingerprint density at radius 3 is 2.44 bits per heavy atom. The maximum atomic E-state index is 12.1. The molecule has 0 radical (unpaired) electrons. The van der Waals surface area contributed by atoms with Crippen LogP contribution in [0.4, 0.5) is 5.69 Å². The number of nitrogens with one attached hydrogen (secondary N) is 4. The zero-order chi connectivity index (χ0) is 24.4. The first-order valence-corrected chi connectivity index (χ1v) is 11.9. The molecule has 1 heterocycles. The molecular formula is C26H35N5O3. The van der Waals surface area contributed by atoms with E-state index in [2.05, 4.69) is 26.5 Å². The third kappa shape index (κ3) is 11.4. The smallest absolute Gasteiger partial charge is 0.265 e. The van der Waals surface area contributed by atoms with E-state index in [1.165, 1.54) is 6.08 Å². The highest BCUT2D eigenvalue weighted by Gasteiger charge is 2.06. The van der Waals surface area contributed by atoms with Crippen molar-refractivity contribution in [1.29, 1.82) is 0 Å². The van der Waals surface area contributed by atoms with Crippen molar-refractivity contribution in [3.63, 3.8) is 0 Å². The summed E-state index contributed by atoms with van der Waals surface area (Å²) in [4.78, 5) is 39.9. The standard InChI is InChI=1S/C26H35N5O3/c1-2-17-29-31-26(34)22-12-14-23(15-13-22)30-25(33)10-6-4-3-5-7-19-28-24(32)16-11-21-9-8-18-27-20-21/h8-9,11-16,18,20,29H,2-7,10,17,19H2,1H3,(H,28,32)(H,30,33)(H,31,34)/b16-11+. The van der Waals surface area contributed by atoms with Gasteiger partial charge in [-0.05, 0) is 61.2 Å². The molecule has 0 fully saturated rings. The van der Waals surface area contributed by atoms with Crippen molar-refractivity contribution in [2.45, 2.75) is 51.9 Å². The summed E-state index contributed by atoms with van der Waals surface area (Å²) >= 11 is 0. The van der Waals surface area contributed by atoms with Crippen LogP contribution in [0.25, 0.3) is 6.08 Å². The van der Waals surface area contributed by atoms with Crippen LogP contribution in [0.5, 0.6) is 0 Å². The highest BCUT2D eigenvalue weighted by atomic mass is 16.2. The van der Waals surface area contributed by atoms with Crippen LogP contribution in [0.2, 0.25) is 0 Å². The molecule has 3 amide bonds. The van der Waals surface area contributed by atoms with Crippen LogP contribution in [0, 0.1) is 0 Å². The summed E-state index contributed by atoms with van der Waals surface area (Å²) in [6, 6.07) is 10.5. The van der Waals surface area contributed by atoms with E-state index in [0.717, 1.165) is 44.1 Å². The van der Waals surface area contributed by atoms with E-state index in [9.17, 15) is 14.4 Å². The van der Waals surface area contributed by atoms with E-state index >= 15 is 0 Å². The van der Waals surface area contributed by atoms with Gasteiger partial charge in [-0.15, -0.1) is 0 Å². The second-order valence-electron chi connectivity index (χ2n) is 7.93. The first kappa shape index (κ1) is 26.7. The lowest BCUT2D eigenvalue weighted by Gasteiger charge is -2.08. The van der Waals surface area contributed by atoms with Crippen molar-refractivity contribution in [1.82, 2.24) is 21.2 Å². The monoisotopic (exact) mass is 465 g/mol. The highest BCUT2D eigenvalue weighted by Crippen LogP contribution is 2.11. The van der Waals surface area contributed by atoms with Gasteiger partial charge in [0.05, 0.1) is 0 Å². The molecule has 2 aromatic rings. The third-order valence-electron chi connectivity index (χ3n) is 5.00. The van der Waals surface area contributed by atoms with Gasteiger partial charge in [0.25, 0.3) is 5.91 Å². The van der Waals surface area contributed by atoms with Crippen LogP contribution in [0.3, 0.4) is 0 Å². The van der Waals surface area contributed by atoms with Gasteiger partial charge in [-0.3, -0.25) is 24.8 Å². The molecule has 0 atom stereocenters.